The maximum atomic E-state index is 13.6. The Morgan fingerprint density at radius 2 is 2.12 bits per heavy atom. The van der Waals surface area contributed by atoms with E-state index in [-0.39, 0.29) is 11.9 Å². The topological polar surface area (TPSA) is 12.0 Å². The summed E-state index contributed by atoms with van der Waals surface area (Å²) in [6.07, 6.45) is 0. The lowest BCUT2D eigenvalue weighted by atomic mass is 10.2. The van der Waals surface area contributed by atoms with Crippen molar-refractivity contribution in [2.24, 2.45) is 0 Å². The second-order valence-corrected chi connectivity index (χ2v) is 5.88. The van der Waals surface area contributed by atoms with Gasteiger partial charge < -0.3 is 5.32 Å². The Morgan fingerprint density at radius 3 is 2.76 bits per heavy atom. The van der Waals surface area contributed by atoms with E-state index < -0.39 is 0 Å². The third-order valence-electron chi connectivity index (χ3n) is 2.51. The van der Waals surface area contributed by atoms with Gasteiger partial charge in [0.05, 0.1) is 11.7 Å². The van der Waals surface area contributed by atoms with Crippen molar-refractivity contribution in [1.82, 2.24) is 0 Å². The average molecular weight is 314 g/mol. The molecule has 1 unspecified atom stereocenters. The van der Waals surface area contributed by atoms with Crippen molar-refractivity contribution in [2.45, 2.75) is 19.9 Å². The Hall–Kier alpha value is -0.870. The molecule has 0 amide bonds. The van der Waals surface area contributed by atoms with Gasteiger partial charge in [-0.15, -0.1) is 11.3 Å². The normalized spacial score (nSPS) is 12.5. The zero-order valence-electron chi connectivity index (χ0n) is 9.63. The highest BCUT2D eigenvalue weighted by Gasteiger charge is 2.10. The van der Waals surface area contributed by atoms with Gasteiger partial charge in [0, 0.05) is 14.7 Å². The van der Waals surface area contributed by atoms with E-state index >= 15 is 0 Å². The first-order valence-electron chi connectivity index (χ1n) is 5.33. The van der Waals surface area contributed by atoms with E-state index in [9.17, 15) is 4.39 Å². The molecule has 1 aromatic heterocycles. The number of nitrogens with one attached hydrogen (secondary N) is 1. The SMILES string of the molecule is Cc1ccc(F)c(NC(C)c2cc(Br)cs2)c1. The second kappa shape index (κ2) is 5.19. The summed E-state index contributed by atoms with van der Waals surface area (Å²) in [5, 5.41) is 5.22. The van der Waals surface area contributed by atoms with Gasteiger partial charge in [0.1, 0.15) is 5.82 Å². The van der Waals surface area contributed by atoms with Crippen molar-refractivity contribution in [3.05, 3.63) is 50.4 Å². The smallest absolute Gasteiger partial charge is 0.146 e. The van der Waals surface area contributed by atoms with Crippen LogP contribution in [-0.2, 0) is 0 Å². The highest BCUT2D eigenvalue weighted by molar-refractivity contribution is 9.10. The van der Waals surface area contributed by atoms with Gasteiger partial charge in [0.15, 0.2) is 0 Å². The number of hydrogen-bond donors (Lipinski definition) is 1. The van der Waals surface area contributed by atoms with E-state index in [4.69, 9.17) is 0 Å². The lowest BCUT2D eigenvalue weighted by molar-refractivity contribution is 0.627. The van der Waals surface area contributed by atoms with E-state index in [1.54, 1.807) is 17.4 Å². The van der Waals surface area contributed by atoms with Gasteiger partial charge in [-0.1, -0.05) is 6.07 Å². The van der Waals surface area contributed by atoms with E-state index in [1.807, 2.05) is 25.3 Å². The molecule has 1 aromatic carbocycles. The first kappa shape index (κ1) is 12.6. The fourth-order valence-electron chi connectivity index (χ4n) is 1.61. The van der Waals surface area contributed by atoms with E-state index in [1.165, 1.54) is 10.9 Å². The summed E-state index contributed by atoms with van der Waals surface area (Å²) in [7, 11) is 0. The van der Waals surface area contributed by atoms with Gasteiger partial charge in [0.2, 0.25) is 0 Å². The number of hydrogen-bond acceptors (Lipinski definition) is 2. The lowest BCUT2D eigenvalue weighted by Crippen LogP contribution is -2.06. The van der Waals surface area contributed by atoms with Crippen LogP contribution in [0, 0.1) is 12.7 Å². The van der Waals surface area contributed by atoms with Crippen molar-refractivity contribution >= 4 is 33.0 Å². The molecule has 1 atom stereocenters. The van der Waals surface area contributed by atoms with Crippen LogP contribution in [0.1, 0.15) is 23.4 Å². The van der Waals surface area contributed by atoms with Crippen LogP contribution in [0.4, 0.5) is 10.1 Å². The molecule has 0 saturated heterocycles. The van der Waals surface area contributed by atoms with Gasteiger partial charge in [-0.2, -0.15) is 0 Å². The molecule has 2 rings (SSSR count). The molecule has 1 heterocycles. The number of anilines is 1. The molecular weight excluding hydrogens is 301 g/mol. The van der Waals surface area contributed by atoms with Crippen LogP contribution in [-0.4, -0.2) is 0 Å². The Kier molecular flexibility index (Phi) is 3.84. The number of thiophene rings is 1. The molecular formula is C13H13BrFNS. The fourth-order valence-corrected chi connectivity index (χ4v) is 3.06. The Labute approximate surface area is 113 Å². The summed E-state index contributed by atoms with van der Waals surface area (Å²) in [5.41, 5.74) is 1.61. The number of halogens is 2. The van der Waals surface area contributed by atoms with Crippen LogP contribution >= 0.6 is 27.3 Å². The first-order chi connectivity index (χ1) is 8.06. The fraction of sp³-hybridized carbons (Fsp3) is 0.231. The maximum absolute atomic E-state index is 13.6. The molecule has 0 bridgehead atoms. The van der Waals surface area contributed by atoms with Crippen molar-refractivity contribution in [3.8, 4) is 0 Å². The lowest BCUT2D eigenvalue weighted by Gasteiger charge is -2.14. The molecule has 17 heavy (non-hydrogen) atoms. The average Bonchev–Trinajstić information content (AvgIpc) is 2.70. The van der Waals surface area contributed by atoms with Crippen LogP contribution in [0.15, 0.2) is 34.1 Å². The molecule has 0 fully saturated rings. The predicted octanol–water partition coefficient (Wildman–Crippen LogP) is 5.13. The number of rotatable bonds is 3. The minimum absolute atomic E-state index is 0.0996. The van der Waals surface area contributed by atoms with Gasteiger partial charge in [-0.05, 0) is 53.5 Å². The van der Waals surface area contributed by atoms with Crippen molar-refractivity contribution < 1.29 is 4.39 Å². The molecule has 0 aliphatic rings. The summed E-state index contributed by atoms with van der Waals surface area (Å²) in [5.74, 6) is -0.210. The molecule has 1 nitrogen and oxygen atoms in total. The Balaban J connectivity index is 2.18. The molecule has 0 spiro atoms. The molecule has 0 aliphatic carbocycles. The summed E-state index contributed by atoms with van der Waals surface area (Å²) >= 11 is 5.08. The molecule has 0 saturated carbocycles. The summed E-state index contributed by atoms with van der Waals surface area (Å²) in [4.78, 5) is 1.18. The summed E-state index contributed by atoms with van der Waals surface area (Å²) < 4.78 is 14.6. The molecule has 0 aliphatic heterocycles. The molecule has 4 heteroatoms. The standard InChI is InChI=1S/C13H13BrFNS/c1-8-3-4-11(15)12(5-8)16-9(2)13-6-10(14)7-17-13/h3-7,9,16H,1-2H3. The highest BCUT2D eigenvalue weighted by Crippen LogP contribution is 2.28. The van der Waals surface area contributed by atoms with Crippen molar-refractivity contribution in [3.63, 3.8) is 0 Å². The van der Waals surface area contributed by atoms with Crippen molar-refractivity contribution in [1.29, 1.82) is 0 Å². The minimum Gasteiger partial charge on any atom is -0.375 e. The van der Waals surface area contributed by atoms with Gasteiger partial charge in [0.25, 0.3) is 0 Å². The minimum atomic E-state index is -0.210. The molecule has 1 N–H and O–H groups in total. The first-order valence-corrected chi connectivity index (χ1v) is 7.00. The third-order valence-corrected chi connectivity index (χ3v) is 4.38. The van der Waals surface area contributed by atoms with Crippen molar-refractivity contribution in [2.75, 3.05) is 5.32 Å². The second-order valence-electron chi connectivity index (χ2n) is 4.02. The van der Waals surface area contributed by atoms with E-state index in [2.05, 4.69) is 27.3 Å². The zero-order chi connectivity index (χ0) is 12.4. The quantitative estimate of drug-likeness (QED) is 0.828. The number of aryl methyl sites for hydroxylation is 1. The zero-order valence-corrected chi connectivity index (χ0v) is 12.0. The molecule has 90 valence electrons. The highest BCUT2D eigenvalue weighted by atomic mass is 79.9. The van der Waals surface area contributed by atoms with E-state index in [0.717, 1.165) is 10.0 Å². The van der Waals surface area contributed by atoms with Crippen LogP contribution in [0.25, 0.3) is 0 Å². The number of benzene rings is 1. The van der Waals surface area contributed by atoms with Crippen LogP contribution < -0.4 is 5.32 Å². The third kappa shape index (κ3) is 3.07. The molecule has 0 radical (unpaired) electrons. The van der Waals surface area contributed by atoms with Crippen LogP contribution in [0.3, 0.4) is 0 Å². The monoisotopic (exact) mass is 313 g/mol. The summed E-state index contributed by atoms with van der Waals surface area (Å²) in [6.45, 7) is 3.98. The largest absolute Gasteiger partial charge is 0.375 e. The van der Waals surface area contributed by atoms with E-state index in [0.29, 0.717) is 5.69 Å². The van der Waals surface area contributed by atoms with Crippen LogP contribution in [0.2, 0.25) is 0 Å². The Bertz CT molecular complexity index is 524. The molecule has 2 aromatic rings. The Morgan fingerprint density at radius 1 is 1.35 bits per heavy atom. The van der Waals surface area contributed by atoms with Crippen LogP contribution in [0.5, 0.6) is 0 Å². The summed E-state index contributed by atoms with van der Waals surface area (Å²) in [6, 6.07) is 7.24. The van der Waals surface area contributed by atoms with Gasteiger partial charge in [-0.25, -0.2) is 4.39 Å². The maximum Gasteiger partial charge on any atom is 0.146 e. The predicted molar refractivity (Wildman–Crippen MR) is 75.2 cm³/mol. The van der Waals surface area contributed by atoms with Gasteiger partial charge >= 0.3 is 0 Å². The van der Waals surface area contributed by atoms with Gasteiger partial charge in [-0.3, -0.25) is 0 Å².